The highest BCUT2D eigenvalue weighted by Gasteiger charge is 2.27. The molecule has 0 bridgehead atoms. The molecule has 0 saturated heterocycles. The fourth-order valence-corrected chi connectivity index (χ4v) is 2.15. The molecule has 1 aromatic rings. The van der Waals surface area contributed by atoms with E-state index in [0.29, 0.717) is 12.6 Å². The Morgan fingerprint density at radius 2 is 2.28 bits per heavy atom. The van der Waals surface area contributed by atoms with Gasteiger partial charge in [-0.25, -0.2) is 0 Å². The second-order valence-corrected chi connectivity index (χ2v) is 5.41. The lowest BCUT2D eigenvalue weighted by Gasteiger charge is -2.29. The minimum absolute atomic E-state index is 0.00258. The maximum Gasteiger partial charge on any atom is 0.239 e. The van der Waals surface area contributed by atoms with Crippen LogP contribution < -0.4 is 10.6 Å². The molecule has 0 aliphatic heterocycles. The van der Waals surface area contributed by atoms with Crippen LogP contribution in [-0.2, 0) is 11.3 Å². The van der Waals surface area contributed by atoms with Crippen molar-refractivity contribution in [1.29, 1.82) is 0 Å². The molecule has 1 saturated carbocycles. The summed E-state index contributed by atoms with van der Waals surface area (Å²) in [6.07, 6.45) is 5.56. The van der Waals surface area contributed by atoms with E-state index in [1.54, 1.807) is 7.05 Å². The molecule has 5 heteroatoms. The Kier molecular flexibility index (Phi) is 3.71. The summed E-state index contributed by atoms with van der Waals surface area (Å²) < 4.78 is 2.09. The van der Waals surface area contributed by atoms with E-state index in [4.69, 9.17) is 0 Å². The lowest BCUT2D eigenvalue weighted by Crippen LogP contribution is -2.51. The van der Waals surface area contributed by atoms with Crippen LogP contribution in [-0.4, -0.2) is 28.3 Å². The zero-order valence-corrected chi connectivity index (χ0v) is 11.4. The Morgan fingerprint density at radius 1 is 1.56 bits per heavy atom. The van der Waals surface area contributed by atoms with Crippen LogP contribution in [0.3, 0.4) is 0 Å². The van der Waals surface area contributed by atoms with Gasteiger partial charge in [0, 0.05) is 19.8 Å². The number of hydrogen-bond donors (Lipinski definition) is 2. The Bertz CT molecular complexity index is 420. The van der Waals surface area contributed by atoms with Gasteiger partial charge in [-0.15, -0.1) is 0 Å². The lowest BCUT2D eigenvalue weighted by molar-refractivity contribution is -0.126. The quantitative estimate of drug-likeness (QED) is 0.826. The van der Waals surface area contributed by atoms with Crippen molar-refractivity contribution in [3.05, 3.63) is 18.0 Å². The van der Waals surface area contributed by atoms with Crippen molar-refractivity contribution in [2.75, 3.05) is 7.05 Å². The number of carbonyl (C=O) groups is 1. The number of carbonyl (C=O) groups excluding carboxylic acids is 1. The first kappa shape index (κ1) is 13.1. The molecule has 0 aromatic carbocycles. The molecule has 0 atom stereocenters. The van der Waals surface area contributed by atoms with E-state index >= 15 is 0 Å². The summed E-state index contributed by atoms with van der Waals surface area (Å²) in [5.74, 6) is -0.00258. The molecular formula is C13H22N4O. The van der Waals surface area contributed by atoms with Crippen LogP contribution in [0.15, 0.2) is 12.3 Å². The molecule has 0 radical (unpaired) electrons. The predicted octanol–water partition coefficient (Wildman–Crippen LogP) is 1.22. The molecule has 100 valence electrons. The number of aromatic nitrogens is 2. The minimum Gasteiger partial charge on any atom is -0.358 e. The van der Waals surface area contributed by atoms with Crippen molar-refractivity contribution in [2.45, 2.75) is 51.2 Å². The SMILES string of the molecule is CNC(=O)C(C)(C)NCc1ccnn1C1CCC1. The molecule has 1 aliphatic rings. The van der Waals surface area contributed by atoms with Crippen LogP contribution in [0.5, 0.6) is 0 Å². The summed E-state index contributed by atoms with van der Waals surface area (Å²) in [4.78, 5) is 11.7. The monoisotopic (exact) mass is 250 g/mol. The third-order valence-corrected chi connectivity index (χ3v) is 3.68. The highest BCUT2D eigenvalue weighted by molar-refractivity contribution is 5.85. The molecule has 0 unspecified atom stereocenters. The predicted molar refractivity (Wildman–Crippen MR) is 70.1 cm³/mol. The van der Waals surface area contributed by atoms with Crippen molar-refractivity contribution in [3.63, 3.8) is 0 Å². The van der Waals surface area contributed by atoms with Crippen molar-refractivity contribution in [2.24, 2.45) is 0 Å². The maximum atomic E-state index is 11.7. The van der Waals surface area contributed by atoms with Gasteiger partial charge < -0.3 is 5.32 Å². The topological polar surface area (TPSA) is 59.0 Å². The first-order valence-electron chi connectivity index (χ1n) is 6.54. The van der Waals surface area contributed by atoms with Crippen LogP contribution in [0.4, 0.5) is 0 Å². The molecule has 5 nitrogen and oxygen atoms in total. The van der Waals surface area contributed by atoms with Gasteiger partial charge in [0.2, 0.25) is 5.91 Å². The normalized spacial score (nSPS) is 16.4. The summed E-state index contributed by atoms with van der Waals surface area (Å²) >= 11 is 0. The molecule has 1 aliphatic carbocycles. The van der Waals surface area contributed by atoms with Crippen LogP contribution in [0, 0.1) is 0 Å². The van der Waals surface area contributed by atoms with E-state index in [2.05, 4.69) is 20.4 Å². The van der Waals surface area contributed by atoms with Gasteiger partial charge in [0.05, 0.1) is 17.3 Å². The van der Waals surface area contributed by atoms with Gasteiger partial charge in [0.15, 0.2) is 0 Å². The van der Waals surface area contributed by atoms with E-state index in [1.807, 2.05) is 26.1 Å². The summed E-state index contributed by atoms with van der Waals surface area (Å²) in [5.41, 5.74) is 0.584. The van der Waals surface area contributed by atoms with Gasteiger partial charge in [-0.1, -0.05) is 0 Å². The second-order valence-electron chi connectivity index (χ2n) is 5.41. The number of nitrogens with one attached hydrogen (secondary N) is 2. The molecule has 1 amide bonds. The highest BCUT2D eigenvalue weighted by atomic mass is 16.2. The van der Waals surface area contributed by atoms with E-state index < -0.39 is 5.54 Å². The molecule has 2 rings (SSSR count). The van der Waals surface area contributed by atoms with Crippen molar-refractivity contribution in [1.82, 2.24) is 20.4 Å². The molecular weight excluding hydrogens is 228 g/mol. The lowest BCUT2D eigenvalue weighted by atomic mass is 9.93. The maximum absolute atomic E-state index is 11.7. The number of hydrogen-bond acceptors (Lipinski definition) is 3. The zero-order chi connectivity index (χ0) is 13.2. The fourth-order valence-electron chi connectivity index (χ4n) is 2.15. The van der Waals surface area contributed by atoms with Gasteiger partial charge in [-0.2, -0.15) is 5.10 Å². The van der Waals surface area contributed by atoms with E-state index in [-0.39, 0.29) is 5.91 Å². The van der Waals surface area contributed by atoms with Crippen LogP contribution in [0.2, 0.25) is 0 Å². The van der Waals surface area contributed by atoms with Crippen LogP contribution in [0.1, 0.15) is 44.8 Å². The molecule has 1 fully saturated rings. The molecule has 1 aromatic heterocycles. The third-order valence-electron chi connectivity index (χ3n) is 3.68. The van der Waals surface area contributed by atoms with Crippen LogP contribution in [0.25, 0.3) is 0 Å². The standard InChI is InChI=1S/C13H22N4O/c1-13(2,12(18)14-3)15-9-11-7-8-16-17(11)10-5-4-6-10/h7-8,10,15H,4-6,9H2,1-3H3,(H,14,18). The Morgan fingerprint density at radius 3 is 2.83 bits per heavy atom. The third kappa shape index (κ3) is 2.56. The summed E-state index contributed by atoms with van der Waals surface area (Å²) in [6, 6.07) is 2.57. The first-order chi connectivity index (χ1) is 8.54. The summed E-state index contributed by atoms with van der Waals surface area (Å²) in [5, 5.41) is 10.3. The number of amides is 1. The van der Waals surface area contributed by atoms with Gasteiger partial charge >= 0.3 is 0 Å². The van der Waals surface area contributed by atoms with E-state index in [9.17, 15) is 4.79 Å². The van der Waals surface area contributed by atoms with E-state index in [0.717, 1.165) is 5.69 Å². The fraction of sp³-hybridized carbons (Fsp3) is 0.692. The summed E-state index contributed by atoms with van der Waals surface area (Å²) in [7, 11) is 1.66. The molecule has 1 heterocycles. The Hall–Kier alpha value is -1.36. The second kappa shape index (κ2) is 5.10. The first-order valence-corrected chi connectivity index (χ1v) is 6.54. The van der Waals surface area contributed by atoms with Gasteiger partial charge in [-0.3, -0.25) is 14.8 Å². The molecule has 18 heavy (non-hydrogen) atoms. The Balaban J connectivity index is 1.97. The van der Waals surface area contributed by atoms with E-state index in [1.165, 1.54) is 19.3 Å². The van der Waals surface area contributed by atoms with Crippen LogP contribution >= 0.6 is 0 Å². The largest absolute Gasteiger partial charge is 0.358 e. The zero-order valence-electron chi connectivity index (χ0n) is 11.4. The molecule has 2 N–H and O–H groups in total. The Labute approximate surface area is 108 Å². The average molecular weight is 250 g/mol. The smallest absolute Gasteiger partial charge is 0.239 e. The van der Waals surface area contributed by atoms with Crippen molar-refractivity contribution < 1.29 is 4.79 Å². The van der Waals surface area contributed by atoms with Gasteiger partial charge in [-0.05, 0) is 39.2 Å². The van der Waals surface area contributed by atoms with Crippen molar-refractivity contribution in [3.8, 4) is 0 Å². The number of likely N-dealkylation sites (N-methyl/N-ethyl adjacent to an activating group) is 1. The average Bonchev–Trinajstić information content (AvgIpc) is 2.71. The number of nitrogens with zero attached hydrogens (tertiary/aromatic N) is 2. The van der Waals surface area contributed by atoms with Gasteiger partial charge in [0.1, 0.15) is 0 Å². The highest BCUT2D eigenvalue weighted by Crippen LogP contribution is 2.31. The van der Waals surface area contributed by atoms with Crippen molar-refractivity contribution >= 4 is 5.91 Å². The molecule has 0 spiro atoms. The van der Waals surface area contributed by atoms with Gasteiger partial charge in [0.25, 0.3) is 0 Å². The summed E-state index contributed by atoms with van der Waals surface area (Å²) in [6.45, 7) is 4.43. The number of rotatable bonds is 5. The minimum atomic E-state index is -0.566.